The molecular formula is C13H25N3O. The Balaban J connectivity index is 1.73. The van der Waals surface area contributed by atoms with Gasteiger partial charge in [0.05, 0.1) is 0 Å². The third-order valence-corrected chi connectivity index (χ3v) is 4.55. The Bertz CT molecular complexity index is 280. The smallest absolute Gasteiger partial charge is 0.139 e. The summed E-state index contributed by atoms with van der Waals surface area (Å²) >= 11 is 0. The SMILES string of the molecule is CC(NCC1(CC(N)=NO)CC1)C1CCCC1. The second-order valence-corrected chi connectivity index (χ2v) is 5.98. The van der Waals surface area contributed by atoms with Crippen molar-refractivity contribution in [3.8, 4) is 0 Å². The fraction of sp³-hybridized carbons (Fsp3) is 0.923. The molecule has 1 unspecified atom stereocenters. The van der Waals surface area contributed by atoms with E-state index in [0.29, 0.717) is 11.9 Å². The summed E-state index contributed by atoms with van der Waals surface area (Å²) in [4.78, 5) is 0. The van der Waals surface area contributed by atoms with Crippen molar-refractivity contribution in [1.82, 2.24) is 5.32 Å². The first-order valence-electron chi connectivity index (χ1n) is 6.85. The Morgan fingerprint density at radius 3 is 2.65 bits per heavy atom. The molecule has 0 amide bonds. The predicted molar refractivity (Wildman–Crippen MR) is 69.1 cm³/mol. The molecule has 17 heavy (non-hydrogen) atoms. The minimum absolute atomic E-state index is 0.281. The highest BCUT2D eigenvalue weighted by Crippen LogP contribution is 2.48. The van der Waals surface area contributed by atoms with E-state index in [1.807, 2.05) is 0 Å². The van der Waals surface area contributed by atoms with Gasteiger partial charge in [0.25, 0.3) is 0 Å². The maximum absolute atomic E-state index is 8.62. The first-order chi connectivity index (χ1) is 8.15. The molecule has 2 rings (SSSR count). The van der Waals surface area contributed by atoms with Gasteiger partial charge in [-0.3, -0.25) is 0 Å². The summed E-state index contributed by atoms with van der Waals surface area (Å²) in [7, 11) is 0. The Labute approximate surface area is 104 Å². The van der Waals surface area contributed by atoms with Crippen LogP contribution in [0.3, 0.4) is 0 Å². The fourth-order valence-corrected chi connectivity index (χ4v) is 3.01. The molecule has 0 aromatic carbocycles. The minimum Gasteiger partial charge on any atom is -0.409 e. The average molecular weight is 239 g/mol. The fourth-order valence-electron chi connectivity index (χ4n) is 3.01. The van der Waals surface area contributed by atoms with Crippen LogP contribution in [0.4, 0.5) is 0 Å². The lowest BCUT2D eigenvalue weighted by molar-refractivity contribution is 0.311. The molecule has 4 N–H and O–H groups in total. The highest BCUT2D eigenvalue weighted by Gasteiger charge is 2.43. The number of hydrogen-bond acceptors (Lipinski definition) is 3. The van der Waals surface area contributed by atoms with Crippen LogP contribution in [0, 0.1) is 11.3 Å². The van der Waals surface area contributed by atoms with Gasteiger partial charge in [-0.25, -0.2) is 0 Å². The highest BCUT2D eigenvalue weighted by atomic mass is 16.4. The first kappa shape index (κ1) is 12.7. The molecule has 0 spiro atoms. The molecule has 0 heterocycles. The van der Waals surface area contributed by atoms with E-state index >= 15 is 0 Å². The summed E-state index contributed by atoms with van der Waals surface area (Å²) in [6, 6.07) is 0.613. The van der Waals surface area contributed by atoms with Crippen LogP contribution < -0.4 is 11.1 Å². The number of nitrogens with zero attached hydrogens (tertiary/aromatic N) is 1. The van der Waals surface area contributed by atoms with E-state index in [4.69, 9.17) is 10.9 Å². The molecule has 0 aromatic heterocycles. The topological polar surface area (TPSA) is 70.6 Å². The van der Waals surface area contributed by atoms with Crippen LogP contribution in [-0.4, -0.2) is 23.6 Å². The van der Waals surface area contributed by atoms with Gasteiger partial charge in [-0.2, -0.15) is 0 Å². The van der Waals surface area contributed by atoms with Crippen molar-refractivity contribution >= 4 is 5.84 Å². The van der Waals surface area contributed by atoms with Crippen LogP contribution >= 0.6 is 0 Å². The molecule has 0 aromatic rings. The van der Waals surface area contributed by atoms with Gasteiger partial charge in [-0.05, 0) is 43.9 Å². The lowest BCUT2D eigenvalue weighted by atomic mass is 9.97. The van der Waals surface area contributed by atoms with Crippen LogP contribution in [-0.2, 0) is 0 Å². The minimum atomic E-state index is 0.281. The Hall–Kier alpha value is -0.770. The van der Waals surface area contributed by atoms with Gasteiger partial charge in [-0.15, -0.1) is 0 Å². The Kier molecular flexibility index (Phi) is 3.92. The molecular weight excluding hydrogens is 214 g/mol. The summed E-state index contributed by atoms with van der Waals surface area (Å²) in [5.74, 6) is 1.23. The lowest BCUT2D eigenvalue weighted by Crippen LogP contribution is -2.37. The molecule has 2 aliphatic carbocycles. The summed E-state index contributed by atoms with van der Waals surface area (Å²) in [5, 5.41) is 15.4. The van der Waals surface area contributed by atoms with Crippen LogP contribution in [0.15, 0.2) is 5.16 Å². The van der Waals surface area contributed by atoms with E-state index in [9.17, 15) is 0 Å². The van der Waals surface area contributed by atoms with Crippen LogP contribution in [0.5, 0.6) is 0 Å². The van der Waals surface area contributed by atoms with E-state index in [0.717, 1.165) is 18.9 Å². The molecule has 98 valence electrons. The van der Waals surface area contributed by atoms with E-state index in [1.165, 1.54) is 38.5 Å². The third-order valence-electron chi connectivity index (χ3n) is 4.55. The van der Waals surface area contributed by atoms with Gasteiger partial charge >= 0.3 is 0 Å². The monoisotopic (exact) mass is 239 g/mol. The number of nitrogens with two attached hydrogens (primary N) is 1. The largest absolute Gasteiger partial charge is 0.409 e. The zero-order valence-corrected chi connectivity index (χ0v) is 10.8. The van der Waals surface area contributed by atoms with Gasteiger partial charge in [0.15, 0.2) is 0 Å². The maximum atomic E-state index is 8.62. The normalized spacial score (nSPS) is 26.1. The predicted octanol–water partition coefficient (Wildman–Crippen LogP) is 2.07. The zero-order chi connectivity index (χ0) is 12.3. The molecule has 2 aliphatic rings. The molecule has 4 nitrogen and oxygen atoms in total. The summed E-state index contributed by atoms with van der Waals surface area (Å²) < 4.78 is 0. The second kappa shape index (κ2) is 5.25. The number of hydrogen-bond donors (Lipinski definition) is 3. The molecule has 2 fully saturated rings. The van der Waals surface area contributed by atoms with Crippen molar-refractivity contribution in [2.75, 3.05) is 6.54 Å². The second-order valence-electron chi connectivity index (χ2n) is 5.98. The number of rotatable bonds is 6. The maximum Gasteiger partial charge on any atom is 0.139 e. The molecule has 2 saturated carbocycles. The van der Waals surface area contributed by atoms with Crippen LogP contribution in [0.2, 0.25) is 0 Å². The van der Waals surface area contributed by atoms with Crippen LogP contribution in [0.25, 0.3) is 0 Å². The molecule has 0 aliphatic heterocycles. The summed E-state index contributed by atoms with van der Waals surface area (Å²) in [6.07, 6.45) is 8.68. The number of amidine groups is 1. The lowest BCUT2D eigenvalue weighted by Gasteiger charge is -2.24. The van der Waals surface area contributed by atoms with E-state index in [1.54, 1.807) is 0 Å². The average Bonchev–Trinajstić information content (AvgIpc) is 2.88. The zero-order valence-electron chi connectivity index (χ0n) is 10.8. The quantitative estimate of drug-likeness (QED) is 0.287. The Morgan fingerprint density at radius 2 is 2.12 bits per heavy atom. The molecule has 0 radical (unpaired) electrons. The van der Waals surface area contributed by atoms with E-state index in [-0.39, 0.29) is 5.41 Å². The summed E-state index contributed by atoms with van der Waals surface area (Å²) in [5.41, 5.74) is 5.88. The van der Waals surface area contributed by atoms with Crippen molar-refractivity contribution in [3.63, 3.8) is 0 Å². The van der Waals surface area contributed by atoms with Crippen molar-refractivity contribution in [3.05, 3.63) is 0 Å². The summed E-state index contributed by atoms with van der Waals surface area (Å²) in [6.45, 7) is 3.32. The molecule has 1 atom stereocenters. The molecule has 4 heteroatoms. The van der Waals surface area contributed by atoms with Crippen molar-refractivity contribution in [2.24, 2.45) is 22.2 Å². The molecule has 0 bridgehead atoms. The highest BCUT2D eigenvalue weighted by molar-refractivity contribution is 5.80. The number of nitrogens with one attached hydrogen (secondary N) is 1. The van der Waals surface area contributed by atoms with Gasteiger partial charge in [0.1, 0.15) is 5.84 Å². The van der Waals surface area contributed by atoms with Crippen molar-refractivity contribution < 1.29 is 5.21 Å². The third kappa shape index (κ3) is 3.35. The molecule has 0 saturated heterocycles. The number of oxime groups is 1. The standard InChI is InChI=1S/C13H25N3O/c1-10(11-4-2-3-5-11)15-9-13(6-7-13)8-12(14)16-17/h10-11,15,17H,2-9H2,1H3,(H2,14,16). The Morgan fingerprint density at radius 1 is 1.47 bits per heavy atom. The van der Waals surface area contributed by atoms with Crippen molar-refractivity contribution in [1.29, 1.82) is 0 Å². The van der Waals surface area contributed by atoms with Crippen molar-refractivity contribution in [2.45, 2.75) is 57.9 Å². The van der Waals surface area contributed by atoms with Gasteiger partial charge in [0, 0.05) is 19.0 Å². The van der Waals surface area contributed by atoms with Gasteiger partial charge in [0.2, 0.25) is 0 Å². The van der Waals surface area contributed by atoms with E-state index < -0.39 is 0 Å². The van der Waals surface area contributed by atoms with Crippen LogP contribution in [0.1, 0.15) is 51.9 Å². The van der Waals surface area contributed by atoms with Gasteiger partial charge < -0.3 is 16.3 Å². The van der Waals surface area contributed by atoms with E-state index in [2.05, 4.69) is 17.4 Å². The first-order valence-corrected chi connectivity index (χ1v) is 6.85. The van der Waals surface area contributed by atoms with Gasteiger partial charge in [-0.1, -0.05) is 18.0 Å².